The first kappa shape index (κ1) is 24.1. The second-order valence-corrected chi connectivity index (χ2v) is 10.6. The quantitative estimate of drug-likeness (QED) is 0.351. The predicted octanol–water partition coefficient (Wildman–Crippen LogP) is -0.0804. The molecule has 1 saturated heterocycles. The number of primary amides is 1. The second kappa shape index (κ2) is 8.91. The summed E-state index contributed by atoms with van der Waals surface area (Å²) in [4.78, 5) is 49.7. The van der Waals surface area contributed by atoms with Crippen molar-refractivity contribution in [3.05, 3.63) is 0 Å². The average molecular weight is 424 g/mol. The zero-order chi connectivity index (χ0) is 22.9. The third-order valence-electron chi connectivity index (χ3n) is 5.88. The van der Waals surface area contributed by atoms with Crippen molar-refractivity contribution in [1.82, 2.24) is 16.0 Å². The van der Waals surface area contributed by atoms with Gasteiger partial charge in [-0.2, -0.15) is 0 Å². The van der Waals surface area contributed by atoms with Gasteiger partial charge < -0.3 is 27.4 Å². The number of carbonyl (C=O) groups excluding carboxylic acids is 4. The topological polar surface area (TPSA) is 156 Å². The van der Waals surface area contributed by atoms with E-state index in [4.69, 9.17) is 11.5 Å². The van der Waals surface area contributed by atoms with Gasteiger partial charge in [-0.3, -0.25) is 19.2 Å². The normalized spacial score (nSPS) is 23.8. The maximum Gasteiger partial charge on any atom is 0.243 e. The Balaban J connectivity index is 2.05. The minimum atomic E-state index is -0.989. The Morgan fingerprint density at radius 2 is 1.67 bits per heavy atom. The highest BCUT2D eigenvalue weighted by atomic mass is 16.2. The van der Waals surface area contributed by atoms with Gasteiger partial charge in [-0.15, -0.1) is 0 Å². The summed E-state index contributed by atoms with van der Waals surface area (Å²) in [6, 6.07) is -2.56. The average Bonchev–Trinajstić information content (AvgIpc) is 3.36. The summed E-state index contributed by atoms with van der Waals surface area (Å²) in [7, 11) is 0. The van der Waals surface area contributed by atoms with Gasteiger partial charge >= 0.3 is 0 Å². The van der Waals surface area contributed by atoms with Crippen LogP contribution >= 0.6 is 0 Å². The molecule has 0 unspecified atom stereocenters. The first-order valence-electron chi connectivity index (χ1n) is 10.7. The minimum Gasteiger partial charge on any atom is -0.368 e. The molecule has 2 rings (SSSR count). The summed E-state index contributed by atoms with van der Waals surface area (Å²) in [6.45, 7) is 9.37. The smallest absolute Gasteiger partial charge is 0.243 e. The Morgan fingerprint density at radius 3 is 2.10 bits per heavy atom. The fraction of sp³-hybridized carbons (Fsp3) is 0.810. The molecule has 1 heterocycles. The Hall–Kier alpha value is -2.16. The molecule has 4 atom stereocenters. The van der Waals surface area contributed by atoms with Crippen LogP contribution < -0.4 is 27.4 Å². The van der Waals surface area contributed by atoms with Crippen molar-refractivity contribution in [3.63, 3.8) is 0 Å². The number of hydrogen-bond acceptors (Lipinski definition) is 5. The van der Waals surface area contributed by atoms with Crippen molar-refractivity contribution in [1.29, 1.82) is 0 Å². The van der Waals surface area contributed by atoms with Crippen molar-refractivity contribution in [3.8, 4) is 0 Å². The molecule has 0 radical (unpaired) electrons. The molecule has 7 N–H and O–H groups in total. The van der Waals surface area contributed by atoms with Crippen molar-refractivity contribution in [2.75, 3.05) is 0 Å². The number of rotatable bonds is 9. The van der Waals surface area contributed by atoms with Gasteiger partial charge in [0.1, 0.15) is 12.1 Å². The first-order chi connectivity index (χ1) is 13.7. The Morgan fingerprint density at radius 1 is 1.10 bits per heavy atom. The van der Waals surface area contributed by atoms with Crippen LogP contribution in [0.4, 0.5) is 0 Å². The molecule has 2 aliphatic rings. The van der Waals surface area contributed by atoms with E-state index in [9.17, 15) is 19.2 Å². The van der Waals surface area contributed by atoms with Crippen LogP contribution in [-0.2, 0) is 19.2 Å². The van der Waals surface area contributed by atoms with Crippen molar-refractivity contribution < 1.29 is 19.2 Å². The lowest BCUT2D eigenvalue weighted by atomic mass is 9.86. The summed E-state index contributed by atoms with van der Waals surface area (Å²) in [5, 5.41) is 8.28. The van der Waals surface area contributed by atoms with Gasteiger partial charge in [0.2, 0.25) is 23.6 Å². The van der Waals surface area contributed by atoms with Crippen LogP contribution in [0.1, 0.15) is 66.7 Å². The highest BCUT2D eigenvalue weighted by Gasteiger charge is 2.40. The third kappa shape index (κ3) is 6.68. The Bertz CT molecular complexity index is 696. The van der Waals surface area contributed by atoms with Gasteiger partial charge in [0.15, 0.2) is 0 Å². The van der Waals surface area contributed by atoms with Gasteiger partial charge in [-0.1, -0.05) is 33.6 Å². The molecule has 0 aromatic carbocycles. The van der Waals surface area contributed by atoms with E-state index in [-0.39, 0.29) is 17.9 Å². The van der Waals surface area contributed by atoms with Crippen LogP contribution in [0.15, 0.2) is 0 Å². The van der Waals surface area contributed by atoms with Gasteiger partial charge in [0.25, 0.3) is 0 Å². The van der Waals surface area contributed by atoms with Crippen LogP contribution in [0, 0.1) is 17.3 Å². The Kier molecular flexibility index (Phi) is 7.16. The van der Waals surface area contributed by atoms with Crippen LogP contribution in [-0.4, -0.2) is 47.3 Å². The fourth-order valence-electron chi connectivity index (χ4n) is 3.76. The van der Waals surface area contributed by atoms with E-state index < -0.39 is 47.2 Å². The predicted molar refractivity (Wildman–Crippen MR) is 113 cm³/mol. The summed E-state index contributed by atoms with van der Waals surface area (Å²) < 4.78 is 0. The molecule has 1 saturated carbocycles. The lowest BCUT2D eigenvalue weighted by Gasteiger charge is -2.29. The lowest BCUT2D eigenvalue weighted by Crippen LogP contribution is -2.57. The van der Waals surface area contributed by atoms with E-state index in [0.717, 1.165) is 12.8 Å². The molecule has 9 heteroatoms. The molecular weight excluding hydrogens is 386 g/mol. The number of nitrogens with two attached hydrogens (primary N) is 2. The summed E-state index contributed by atoms with van der Waals surface area (Å²) in [6.07, 6.45) is 3.16. The van der Waals surface area contributed by atoms with Gasteiger partial charge in [-0.05, 0) is 44.4 Å². The minimum absolute atomic E-state index is 0.127. The van der Waals surface area contributed by atoms with E-state index in [1.165, 1.54) is 0 Å². The van der Waals surface area contributed by atoms with Gasteiger partial charge in [-0.25, -0.2) is 0 Å². The standard InChI is InChI=1S/C21H37N5O4/c1-20(2,3)15(22)19(30)25-14(8-11-6-7-11)18(29)24-13(16(23)27)9-12-10-21(4,5)26-17(12)28/h11-15H,6-10,22H2,1-5H3,(H2,23,27)(H,24,29)(H,25,30)(H,26,28)/t12-,13+,14+,15-/m1/s1. The number of carbonyl (C=O) groups is 4. The van der Waals surface area contributed by atoms with Crippen molar-refractivity contribution in [2.45, 2.75) is 90.4 Å². The molecule has 1 aliphatic heterocycles. The highest BCUT2D eigenvalue weighted by Crippen LogP contribution is 2.34. The maximum atomic E-state index is 12.9. The lowest BCUT2D eigenvalue weighted by molar-refractivity contribution is -0.133. The first-order valence-corrected chi connectivity index (χ1v) is 10.7. The van der Waals surface area contributed by atoms with Crippen LogP contribution in [0.2, 0.25) is 0 Å². The number of hydrogen-bond donors (Lipinski definition) is 5. The molecule has 30 heavy (non-hydrogen) atoms. The van der Waals surface area contributed by atoms with Crippen molar-refractivity contribution >= 4 is 23.6 Å². The summed E-state index contributed by atoms with van der Waals surface area (Å²) >= 11 is 0. The van der Waals surface area contributed by atoms with E-state index in [0.29, 0.717) is 18.8 Å². The van der Waals surface area contributed by atoms with E-state index in [1.807, 2.05) is 34.6 Å². The van der Waals surface area contributed by atoms with E-state index in [1.54, 1.807) is 0 Å². The summed E-state index contributed by atoms with van der Waals surface area (Å²) in [5.41, 5.74) is 10.7. The number of amides is 4. The molecule has 0 spiro atoms. The fourth-order valence-corrected chi connectivity index (χ4v) is 3.76. The van der Waals surface area contributed by atoms with E-state index in [2.05, 4.69) is 16.0 Å². The van der Waals surface area contributed by atoms with Crippen molar-refractivity contribution in [2.24, 2.45) is 28.7 Å². The molecule has 4 amide bonds. The molecule has 0 aromatic rings. The maximum absolute atomic E-state index is 12.9. The zero-order valence-electron chi connectivity index (χ0n) is 18.7. The zero-order valence-corrected chi connectivity index (χ0v) is 18.7. The van der Waals surface area contributed by atoms with Gasteiger partial charge in [0.05, 0.1) is 6.04 Å². The Labute approximate surface area is 178 Å². The van der Waals surface area contributed by atoms with Gasteiger partial charge in [0, 0.05) is 11.5 Å². The monoisotopic (exact) mass is 423 g/mol. The van der Waals surface area contributed by atoms with Crippen LogP contribution in [0.25, 0.3) is 0 Å². The molecule has 170 valence electrons. The van der Waals surface area contributed by atoms with E-state index >= 15 is 0 Å². The molecule has 9 nitrogen and oxygen atoms in total. The summed E-state index contributed by atoms with van der Waals surface area (Å²) in [5.74, 6) is -1.79. The molecule has 0 bridgehead atoms. The third-order valence-corrected chi connectivity index (χ3v) is 5.88. The molecule has 1 aliphatic carbocycles. The highest BCUT2D eigenvalue weighted by molar-refractivity contribution is 5.93. The second-order valence-electron chi connectivity index (χ2n) is 10.6. The SMILES string of the molecule is CC1(C)C[C@@H](C[C@H](NC(=O)[C@H](CC2CC2)NC(=O)[C@@H](N)C(C)(C)C)C(N)=O)C(=O)N1. The molecular formula is C21H37N5O4. The number of nitrogens with one attached hydrogen (secondary N) is 3. The molecule has 2 fully saturated rings. The van der Waals surface area contributed by atoms with Crippen LogP contribution in [0.3, 0.4) is 0 Å². The molecule has 0 aromatic heterocycles. The largest absolute Gasteiger partial charge is 0.368 e. The van der Waals surface area contributed by atoms with Crippen LogP contribution in [0.5, 0.6) is 0 Å².